The van der Waals surface area contributed by atoms with Crippen LogP contribution in [0.4, 0.5) is 5.69 Å². The van der Waals surface area contributed by atoms with E-state index in [4.69, 9.17) is 11.6 Å². The molecule has 1 unspecified atom stereocenters. The minimum absolute atomic E-state index is 0.376. The summed E-state index contributed by atoms with van der Waals surface area (Å²) in [6.45, 7) is 7.33. The molecule has 1 rings (SSSR count). The quantitative estimate of drug-likeness (QED) is 0.803. The van der Waals surface area contributed by atoms with E-state index in [-0.39, 0.29) is 6.10 Å². The highest BCUT2D eigenvalue weighted by atomic mass is 79.9. The van der Waals surface area contributed by atoms with Crippen molar-refractivity contribution in [3.63, 3.8) is 0 Å². The molecule has 0 saturated heterocycles. The van der Waals surface area contributed by atoms with Gasteiger partial charge in [-0.2, -0.15) is 0 Å². The number of hydrogen-bond donors (Lipinski definition) is 2. The lowest BCUT2D eigenvalue weighted by atomic mass is 10.2. The molecule has 1 aromatic rings. The van der Waals surface area contributed by atoms with Gasteiger partial charge >= 0.3 is 0 Å². The van der Waals surface area contributed by atoms with Gasteiger partial charge in [0.05, 0.1) is 11.1 Å². The first-order valence-corrected chi connectivity index (χ1v) is 7.33. The van der Waals surface area contributed by atoms with Crippen molar-refractivity contribution in [1.82, 2.24) is 4.90 Å². The predicted octanol–water partition coefficient (Wildman–Crippen LogP) is 3.22. The summed E-state index contributed by atoms with van der Waals surface area (Å²) in [7, 11) is 0. The maximum Gasteiger partial charge on any atom is 0.0839 e. The summed E-state index contributed by atoms with van der Waals surface area (Å²) < 4.78 is 0.854. The Kier molecular flexibility index (Phi) is 7.00. The largest absolute Gasteiger partial charge is 0.390 e. The molecule has 0 aromatic heterocycles. The van der Waals surface area contributed by atoms with Crippen molar-refractivity contribution in [3.05, 3.63) is 27.7 Å². The average Bonchev–Trinajstić information content (AvgIpc) is 2.37. The van der Waals surface area contributed by atoms with E-state index in [0.29, 0.717) is 18.1 Å². The first kappa shape index (κ1) is 15.8. The average molecular weight is 336 g/mol. The Hall–Kier alpha value is -0.290. The van der Waals surface area contributed by atoms with E-state index in [1.807, 2.05) is 18.2 Å². The molecule has 0 aliphatic rings. The Labute approximate surface area is 122 Å². The molecule has 102 valence electrons. The van der Waals surface area contributed by atoms with Crippen LogP contribution in [-0.4, -0.2) is 42.3 Å². The maximum atomic E-state index is 9.93. The van der Waals surface area contributed by atoms with Crippen LogP contribution in [0, 0.1) is 0 Å². The molecule has 1 aromatic carbocycles. The van der Waals surface area contributed by atoms with Gasteiger partial charge in [-0.25, -0.2) is 0 Å². The fourth-order valence-corrected chi connectivity index (χ4v) is 2.18. The van der Waals surface area contributed by atoms with Crippen molar-refractivity contribution in [1.29, 1.82) is 0 Å². The van der Waals surface area contributed by atoms with Gasteiger partial charge in [-0.1, -0.05) is 25.4 Å². The summed E-state index contributed by atoms with van der Waals surface area (Å²) in [6.07, 6.45) is -0.376. The van der Waals surface area contributed by atoms with E-state index in [0.717, 1.165) is 23.2 Å². The van der Waals surface area contributed by atoms with Crippen molar-refractivity contribution in [3.8, 4) is 0 Å². The fourth-order valence-electron chi connectivity index (χ4n) is 1.69. The van der Waals surface area contributed by atoms with Crippen LogP contribution in [0.3, 0.4) is 0 Å². The highest BCUT2D eigenvalue weighted by molar-refractivity contribution is 9.10. The number of nitrogens with zero attached hydrogens (tertiary/aromatic N) is 1. The Bertz CT molecular complexity index is 372. The van der Waals surface area contributed by atoms with E-state index in [9.17, 15) is 5.11 Å². The third-order valence-electron chi connectivity index (χ3n) is 2.82. The molecule has 5 heteroatoms. The zero-order chi connectivity index (χ0) is 13.5. The first-order chi connectivity index (χ1) is 8.56. The summed E-state index contributed by atoms with van der Waals surface area (Å²) in [6, 6.07) is 5.63. The highest BCUT2D eigenvalue weighted by Crippen LogP contribution is 2.25. The molecule has 2 N–H and O–H groups in total. The van der Waals surface area contributed by atoms with Gasteiger partial charge in [0.25, 0.3) is 0 Å². The lowest BCUT2D eigenvalue weighted by molar-refractivity contribution is 0.128. The van der Waals surface area contributed by atoms with E-state index in [2.05, 4.69) is 40.0 Å². The molecular formula is C13H20BrClN2O. The zero-order valence-corrected chi connectivity index (χ0v) is 13.1. The van der Waals surface area contributed by atoms with Gasteiger partial charge in [0.2, 0.25) is 0 Å². The number of rotatable bonds is 7. The molecule has 0 bridgehead atoms. The van der Waals surface area contributed by atoms with Crippen LogP contribution in [0.15, 0.2) is 22.7 Å². The van der Waals surface area contributed by atoms with Crippen LogP contribution in [0.2, 0.25) is 5.02 Å². The van der Waals surface area contributed by atoms with Crippen molar-refractivity contribution in [2.45, 2.75) is 20.0 Å². The smallest absolute Gasteiger partial charge is 0.0839 e. The minimum atomic E-state index is -0.376. The molecule has 0 spiro atoms. The van der Waals surface area contributed by atoms with Gasteiger partial charge in [0, 0.05) is 23.2 Å². The second-order valence-electron chi connectivity index (χ2n) is 4.15. The van der Waals surface area contributed by atoms with Crippen LogP contribution < -0.4 is 5.32 Å². The third-order valence-corrected chi connectivity index (χ3v) is 4.04. The van der Waals surface area contributed by atoms with Crippen LogP contribution in [0.1, 0.15) is 13.8 Å². The maximum absolute atomic E-state index is 9.93. The second kappa shape index (κ2) is 8.00. The topological polar surface area (TPSA) is 35.5 Å². The molecule has 0 aliphatic carbocycles. The van der Waals surface area contributed by atoms with Gasteiger partial charge in [-0.05, 0) is 47.2 Å². The van der Waals surface area contributed by atoms with E-state index < -0.39 is 0 Å². The Morgan fingerprint density at radius 2 is 2.06 bits per heavy atom. The normalized spacial score (nSPS) is 12.8. The van der Waals surface area contributed by atoms with Gasteiger partial charge < -0.3 is 15.3 Å². The summed E-state index contributed by atoms with van der Waals surface area (Å²) in [5.41, 5.74) is 0.949. The Morgan fingerprint density at radius 3 is 2.61 bits per heavy atom. The van der Waals surface area contributed by atoms with Crippen molar-refractivity contribution >= 4 is 33.2 Å². The minimum Gasteiger partial charge on any atom is -0.390 e. The summed E-state index contributed by atoms with van der Waals surface area (Å²) in [5.74, 6) is 0. The number of halogens is 2. The van der Waals surface area contributed by atoms with Gasteiger partial charge in [-0.3, -0.25) is 0 Å². The molecule has 0 saturated carbocycles. The number of aliphatic hydroxyl groups is 1. The van der Waals surface area contributed by atoms with E-state index in [1.165, 1.54) is 0 Å². The van der Waals surface area contributed by atoms with Gasteiger partial charge in [0.15, 0.2) is 0 Å². The summed E-state index contributed by atoms with van der Waals surface area (Å²) in [5, 5.41) is 13.8. The summed E-state index contributed by atoms with van der Waals surface area (Å²) in [4.78, 5) is 2.20. The van der Waals surface area contributed by atoms with Crippen LogP contribution in [-0.2, 0) is 0 Å². The Morgan fingerprint density at radius 1 is 1.39 bits per heavy atom. The van der Waals surface area contributed by atoms with E-state index in [1.54, 1.807) is 0 Å². The summed E-state index contributed by atoms with van der Waals surface area (Å²) >= 11 is 9.29. The highest BCUT2D eigenvalue weighted by Gasteiger charge is 2.08. The van der Waals surface area contributed by atoms with Crippen molar-refractivity contribution < 1.29 is 5.11 Å². The number of anilines is 1. The first-order valence-electron chi connectivity index (χ1n) is 6.16. The number of likely N-dealkylation sites (N-methyl/N-ethyl adjacent to an activating group) is 1. The lowest BCUT2D eigenvalue weighted by Crippen LogP contribution is -2.35. The van der Waals surface area contributed by atoms with Crippen LogP contribution in [0.5, 0.6) is 0 Å². The van der Waals surface area contributed by atoms with Crippen molar-refractivity contribution in [2.24, 2.45) is 0 Å². The van der Waals surface area contributed by atoms with Gasteiger partial charge in [0.1, 0.15) is 0 Å². The predicted molar refractivity (Wildman–Crippen MR) is 81.4 cm³/mol. The molecule has 1 atom stereocenters. The number of aliphatic hydroxyl groups excluding tert-OH is 1. The monoisotopic (exact) mass is 334 g/mol. The lowest BCUT2D eigenvalue weighted by Gasteiger charge is -2.22. The molecule has 0 amide bonds. The van der Waals surface area contributed by atoms with Gasteiger partial charge in [-0.15, -0.1) is 0 Å². The molecule has 0 aliphatic heterocycles. The second-order valence-corrected chi connectivity index (χ2v) is 5.41. The molecule has 0 radical (unpaired) electrons. The zero-order valence-electron chi connectivity index (χ0n) is 10.8. The third kappa shape index (κ3) is 5.14. The molecular weight excluding hydrogens is 316 g/mol. The standard InChI is InChI=1S/C13H20BrClN2O/c1-3-17(4-2)9-11(18)8-16-10-5-6-13(15)12(14)7-10/h5-7,11,16,18H,3-4,8-9H2,1-2H3. The molecule has 0 fully saturated rings. The fraction of sp³-hybridized carbons (Fsp3) is 0.538. The van der Waals surface area contributed by atoms with Crippen LogP contribution >= 0.6 is 27.5 Å². The SMILES string of the molecule is CCN(CC)CC(O)CNc1ccc(Cl)c(Br)c1. The Balaban J connectivity index is 2.42. The van der Waals surface area contributed by atoms with E-state index >= 15 is 0 Å². The molecule has 3 nitrogen and oxygen atoms in total. The number of nitrogens with one attached hydrogen (secondary N) is 1. The van der Waals surface area contributed by atoms with Crippen molar-refractivity contribution in [2.75, 3.05) is 31.5 Å². The number of benzene rings is 1. The van der Waals surface area contributed by atoms with Crippen LogP contribution in [0.25, 0.3) is 0 Å². The molecule has 0 heterocycles. The molecule has 18 heavy (non-hydrogen) atoms. The number of hydrogen-bond acceptors (Lipinski definition) is 3.